The second-order valence-electron chi connectivity index (χ2n) is 3.38. The third-order valence-electron chi connectivity index (χ3n) is 1.97. The molecule has 0 radical (unpaired) electrons. The molecule has 0 saturated carbocycles. The number of hydrogen-bond acceptors (Lipinski definition) is 2. The average molecular weight is 240 g/mol. The summed E-state index contributed by atoms with van der Waals surface area (Å²) in [6, 6.07) is 5.39. The fraction of sp³-hybridized carbons (Fsp3) is 0.273. The molecule has 0 fully saturated rings. The Morgan fingerprint density at radius 1 is 1.29 bits per heavy atom. The first-order valence-electron chi connectivity index (χ1n) is 5.06. The van der Waals surface area contributed by atoms with Gasteiger partial charge in [0, 0.05) is 13.1 Å². The van der Waals surface area contributed by atoms with Crippen molar-refractivity contribution in [2.45, 2.75) is 13.0 Å². The molecule has 17 heavy (non-hydrogen) atoms. The molecule has 3 N–H and O–H groups in total. The molecule has 0 aliphatic heterocycles. The Labute approximate surface area is 97.6 Å². The molecule has 0 unspecified atom stereocenters. The van der Waals surface area contributed by atoms with Gasteiger partial charge in [-0.3, -0.25) is 4.79 Å². The summed E-state index contributed by atoms with van der Waals surface area (Å²) < 4.78 is 12.8. The lowest BCUT2D eigenvalue weighted by Gasteiger charge is -2.06. The van der Waals surface area contributed by atoms with Crippen molar-refractivity contribution in [2.75, 3.05) is 6.54 Å². The van der Waals surface area contributed by atoms with Crippen LogP contribution in [-0.2, 0) is 11.3 Å². The molecule has 0 aromatic heterocycles. The van der Waals surface area contributed by atoms with Crippen molar-refractivity contribution in [1.29, 1.82) is 0 Å². The molecule has 1 aromatic rings. The van der Waals surface area contributed by atoms with Crippen LogP contribution in [0.2, 0.25) is 0 Å². The largest absolute Gasteiger partial charge is 0.481 e. The molecule has 2 amide bonds. The van der Waals surface area contributed by atoms with Gasteiger partial charge in [-0.15, -0.1) is 0 Å². The standard InChI is InChI=1S/C11H13FN2O3/c12-9-3-1-2-8(6-9)7-14-11(17)13-5-4-10(15)16/h1-3,6H,4-5,7H2,(H,15,16)(H2,13,14,17). The Balaban J connectivity index is 2.26. The van der Waals surface area contributed by atoms with Crippen molar-refractivity contribution in [2.24, 2.45) is 0 Å². The summed E-state index contributed by atoms with van der Waals surface area (Å²) in [7, 11) is 0. The first-order chi connectivity index (χ1) is 8.08. The van der Waals surface area contributed by atoms with Crippen molar-refractivity contribution in [3.63, 3.8) is 0 Å². The topological polar surface area (TPSA) is 78.4 Å². The van der Waals surface area contributed by atoms with Gasteiger partial charge in [0.05, 0.1) is 6.42 Å². The van der Waals surface area contributed by atoms with Crippen molar-refractivity contribution in [3.05, 3.63) is 35.6 Å². The van der Waals surface area contributed by atoms with Gasteiger partial charge in [0.25, 0.3) is 0 Å². The van der Waals surface area contributed by atoms with Crippen LogP contribution in [0.1, 0.15) is 12.0 Å². The van der Waals surface area contributed by atoms with Crippen LogP contribution in [0.4, 0.5) is 9.18 Å². The van der Waals surface area contributed by atoms with E-state index in [1.807, 2.05) is 0 Å². The Morgan fingerprint density at radius 2 is 2.06 bits per heavy atom. The van der Waals surface area contributed by atoms with Gasteiger partial charge in [0.15, 0.2) is 0 Å². The van der Waals surface area contributed by atoms with Crippen LogP contribution in [0.15, 0.2) is 24.3 Å². The summed E-state index contributed by atoms with van der Waals surface area (Å²) >= 11 is 0. The highest BCUT2D eigenvalue weighted by Gasteiger charge is 2.02. The number of aliphatic carboxylic acids is 1. The average Bonchev–Trinajstić information content (AvgIpc) is 2.26. The minimum Gasteiger partial charge on any atom is -0.481 e. The molecule has 0 aliphatic carbocycles. The predicted octanol–water partition coefficient (Wildman–Crippen LogP) is 1.10. The van der Waals surface area contributed by atoms with E-state index in [1.54, 1.807) is 12.1 Å². The fourth-order valence-electron chi connectivity index (χ4n) is 1.17. The molecule has 1 aromatic carbocycles. The molecular formula is C11H13FN2O3. The Hall–Kier alpha value is -2.11. The molecule has 1 rings (SSSR count). The van der Waals surface area contributed by atoms with Crippen LogP contribution in [0, 0.1) is 5.82 Å². The fourth-order valence-corrected chi connectivity index (χ4v) is 1.17. The Bertz CT molecular complexity index is 409. The summed E-state index contributed by atoms with van der Waals surface area (Å²) in [5.74, 6) is -1.34. The number of amides is 2. The van der Waals surface area contributed by atoms with Crippen LogP contribution < -0.4 is 10.6 Å². The van der Waals surface area contributed by atoms with E-state index >= 15 is 0 Å². The smallest absolute Gasteiger partial charge is 0.315 e. The third kappa shape index (κ3) is 5.50. The van der Waals surface area contributed by atoms with Crippen LogP contribution >= 0.6 is 0 Å². The van der Waals surface area contributed by atoms with Crippen molar-refractivity contribution in [1.82, 2.24) is 10.6 Å². The van der Waals surface area contributed by atoms with E-state index in [0.29, 0.717) is 5.56 Å². The molecular weight excluding hydrogens is 227 g/mol. The van der Waals surface area contributed by atoms with Gasteiger partial charge in [-0.05, 0) is 17.7 Å². The van der Waals surface area contributed by atoms with E-state index in [2.05, 4.69) is 10.6 Å². The highest BCUT2D eigenvalue weighted by molar-refractivity contribution is 5.74. The van der Waals surface area contributed by atoms with Crippen molar-refractivity contribution in [3.8, 4) is 0 Å². The van der Waals surface area contributed by atoms with E-state index in [-0.39, 0.29) is 25.3 Å². The van der Waals surface area contributed by atoms with Gasteiger partial charge in [-0.2, -0.15) is 0 Å². The first-order valence-corrected chi connectivity index (χ1v) is 5.06. The number of halogens is 1. The van der Waals surface area contributed by atoms with E-state index in [0.717, 1.165) is 0 Å². The third-order valence-corrected chi connectivity index (χ3v) is 1.97. The number of hydrogen-bond donors (Lipinski definition) is 3. The lowest BCUT2D eigenvalue weighted by molar-refractivity contribution is -0.136. The SMILES string of the molecule is O=C(O)CCNC(=O)NCc1cccc(F)c1. The lowest BCUT2D eigenvalue weighted by Crippen LogP contribution is -2.36. The number of benzene rings is 1. The molecule has 0 aliphatic rings. The maximum atomic E-state index is 12.8. The van der Waals surface area contributed by atoms with Gasteiger partial charge in [-0.25, -0.2) is 9.18 Å². The summed E-state index contributed by atoms with van der Waals surface area (Å²) in [6.45, 7) is 0.251. The van der Waals surface area contributed by atoms with E-state index in [1.165, 1.54) is 12.1 Å². The molecule has 0 atom stereocenters. The summed E-state index contributed by atoms with van der Waals surface area (Å²) in [6.07, 6.45) is -0.132. The predicted molar refractivity (Wildman–Crippen MR) is 58.9 cm³/mol. The number of carbonyl (C=O) groups is 2. The second-order valence-corrected chi connectivity index (χ2v) is 3.38. The minimum atomic E-state index is -0.976. The highest BCUT2D eigenvalue weighted by Crippen LogP contribution is 2.02. The molecule has 5 nitrogen and oxygen atoms in total. The quantitative estimate of drug-likeness (QED) is 0.721. The van der Waals surface area contributed by atoms with E-state index in [9.17, 15) is 14.0 Å². The zero-order chi connectivity index (χ0) is 12.7. The molecule has 92 valence electrons. The number of carboxylic acids is 1. The van der Waals surface area contributed by atoms with Gasteiger partial charge < -0.3 is 15.7 Å². The van der Waals surface area contributed by atoms with Crippen molar-refractivity contribution < 1.29 is 19.1 Å². The van der Waals surface area contributed by atoms with Crippen molar-refractivity contribution >= 4 is 12.0 Å². The van der Waals surface area contributed by atoms with Crippen LogP contribution in [0.3, 0.4) is 0 Å². The number of urea groups is 1. The summed E-state index contributed by atoms with van der Waals surface area (Å²) in [5, 5.41) is 13.2. The molecule has 0 heterocycles. The molecule has 0 saturated heterocycles. The zero-order valence-electron chi connectivity index (χ0n) is 9.07. The maximum absolute atomic E-state index is 12.8. The highest BCUT2D eigenvalue weighted by atomic mass is 19.1. The monoisotopic (exact) mass is 240 g/mol. The Kier molecular flexibility index (Phi) is 4.93. The number of nitrogens with one attached hydrogen (secondary N) is 2. The normalized spacial score (nSPS) is 9.71. The van der Waals surface area contributed by atoms with Gasteiger partial charge >= 0.3 is 12.0 Å². The molecule has 0 spiro atoms. The minimum absolute atomic E-state index is 0.0598. The molecule has 0 bridgehead atoms. The van der Waals surface area contributed by atoms with Gasteiger partial charge in [0.1, 0.15) is 5.82 Å². The number of carboxylic acid groups (broad SMARTS) is 1. The maximum Gasteiger partial charge on any atom is 0.315 e. The lowest BCUT2D eigenvalue weighted by atomic mass is 10.2. The second kappa shape index (κ2) is 6.47. The van der Waals surface area contributed by atoms with Crippen LogP contribution in [0.5, 0.6) is 0 Å². The summed E-state index contributed by atoms with van der Waals surface area (Å²) in [4.78, 5) is 21.4. The van der Waals surface area contributed by atoms with Gasteiger partial charge in [-0.1, -0.05) is 12.1 Å². The first kappa shape index (κ1) is 13.0. The summed E-state index contributed by atoms with van der Waals surface area (Å²) in [5.41, 5.74) is 0.637. The van der Waals surface area contributed by atoms with Crippen LogP contribution in [0.25, 0.3) is 0 Å². The van der Waals surface area contributed by atoms with Crippen LogP contribution in [-0.4, -0.2) is 23.7 Å². The van der Waals surface area contributed by atoms with Gasteiger partial charge in [0.2, 0.25) is 0 Å². The van der Waals surface area contributed by atoms with E-state index in [4.69, 9.17) is 5.11 Å². The zero-order valence-corrected chi connectivity index (χ0v) is 9.07. The van der Waals surface area contributed by atoms with E-state index < -0.39 is 12.0 Å². The molecule has 6 heteroatoms. The number of carbonyl (C=O) groups excluding carboxylic acids is 1. The number of rotatable bonds is 5. The Morgan fingerprint density at radius 3 is 2.71 bits per heavy atom.